The molecule has 0 radical (unpaired) electrons. The number of carbonyl (C=O) groups excluding carboxylic acids is 1. The molecule has 3 rings (SSSR count). The molecule has 0 atom stereocenters. The summed E-state index contributed by atoms with van der Waals surface area (Å²) >= 11 is 0. The van der Waals surface area contributed by atoms with Crippen molar-refractivity contribution in [2.24, 2.45) is 0 Å². The van der Waals surface area contributed by atoms with E-state index in [1.807, 2.05) is 45.9 Å². The third-order valence-corrected chi connectivity index (χ3v) is 6.19. The van der Waals surface area contributed by atoms with Crippen molar-refractivity contribution in [3.8, 4) is 0 Å². The highest BCUT2D eigenvalue weighted by Crippen LogP contribution is 2.23. The number of benzene rings is 2. The first-order valence-corrected chi connectivity index (χ1v) is 11.0. The molecule has 2 N–H and O–H groups in total. The van der Waals surface area contributed by atoms with Gasteiger partial charge in [0.05, 0.1) is 10.4 Å². The lowest BCUT2D eigenvalue weighted by molar-refractivity contribution is 0.232. The average molecular weight is 414 g/mol. The largest absolute Gasteiger partial charge is 0.338 e. The molecule has 0 unspecified atom stereocenters. The lowest BCUT2D eigenvalue weighted by Gasteiger charge is -2.20. The van der Waals surface area contributed by atoms with Gasteiger partial charge in [0, 0.05) is 23.7 Å². The minimum atomic E-state index is -3.67. The average Bonchev–Trinajstić information content (AvgIpc) is 3.04. The number of hydrogen-bond donors (Lipinski definition) is 2. The molecule has 0 saturated heterocycles. The van der Waals surface area contributed by atoms with Crippen LogP contribution in [0.1, 0.15) is 31.9 Å². The molecule has 1 aromatic heterocycles. The maximum atomic E-state index is 13.1. The third-order valence-electron chi connectivity index (χ3n) is 4.49. The minimum absolute atomic E-state index is 0.219. The van der Waals surface area contributed by atoms with Gasteiger partial charge in [-0.1, -0.05) is 29.8 Å². The zero-order valence-electron chi connectivity index (χ0n) is 17.2. The van der Waals surface area contributed by atoms with Crippen LogP contribution in [0.5, 0.6) is 0 Å². The smallest absolute Gasteiger partial charge is 0.315 e. The number of carbonyl (C=O) groups is 1. The van der Waals surface area contributed by atoms with Gasteiger partial charge in [-0.3, -0.25) is 0 Å². The van der Waals surface area contributed by atoms with Crippen LogP contribution in [0, 0.1) is 6.92 Å². The molecule has 6 nitrogen and oxygen atoms in total. The van der Waals surface area contributed by atoms with Crippen LogP contribution in [0.25, 0.3) is 10.9 Å². The summed E-state index contributed by atoms with van der Waals surface area (Å²) in [5.74, 6) is 0. The lowest BCUT2D eigenvalue weighted by Crippen LogP contribution is -2.46. The van der Waals surface area contributed by atoms with Crippen molar-refractivity contribution >= 4 is 27.0 Å². The summed E-state index contributed by atoms with van der Waals surface area (Å²) in [5.41, 5.74) is 2.29. The monoisotopic (exact) mass is 413 g/mol. The van der Waals surface area contributed by atoms with Gasteiger partial charge in [-0.05, 0) is 63.9 Å². The van der Waals surface area contributed by atoms with Crippen LogP contribution in [-0.2, 0) is 16.4 Å². The first-order chi connectivity index (χ1) is 13.6. The van der Waals surface area contributed by atoms with E-state index < -0.39 is 10.0 Å². The molecule has 2 amide bonds. The van der Waals surface area contributed by atoms with Crippen LogP contribution in [0.15, 0.2) is 59.6 Å². The second kappa shape index (κ2) is 7.91. The Balaban J connectivity index is 1.80. The molecular formula is C22H27N3O3S. The highest BCUT2D eigenvalue weighted by Gasteiger charge is 2.19. The number of amides is 2. The molecule has 3 aromatic rings. The van der Waals surface area contributed by atoms with Crippen molar-refractivity contribution in [1.82, 2.24) is 14.6 Å². The van der Waals surface area contributed by atoms with E-state index >= 15 is 0 Å². The second-order valence-electron chi connectivity index (χ2n) is 8.20. The van der Waals surface area contributed by atoms with E-state index in [1.54, 1.807) is 36.5 Å². The highest BCUT2D eigenvalue weighted by molar-refractivity contribution is 7.90. The summed E-state index contributed by atoms with van der Waals surface area (Å²) in [6, 6.07) is 14.1. The first-order valence-electron chi connectivity index (χ1n) is 9.54. The van der Waals surface area contributed by atoms with Gasteiger partial charge in [0.15, 0.2) is 0 Å². The Morgan fingerprint density at radius 3 is 2.38 bits per heavy atom. The van der Waals surface area contributed by atoms with E-state index in [2.05, 4.69) is 10.6 Å². The Hall–Kier alpha value is -2.80. The number of nitrogens with zero attached hydrogens (tertiary/aromatic N) is 1. The normalized spacial score (nSPS) is 12.1. The number of hydrogen-bond acceptors (Lipinski definition) is 3. The summed E-state index contributed by atoms with van der Waals surface area (Å²) in [4.78, 5) is 12.1. The van der Waals surface area contributed by atoms with Crippen molar-refractivity contribution in [2.75, 3.05) is 6.54 Å². The fourth-order valence-electron chi connectivity index (χ4n) is 3.04. The van der Waals surface area contributed by atoms with Crippen LogP contribution in [-0.4, -0.2) is 30.5 Å². The van der Waals surface area contributed by atoms with Crippen LogP contribution < -0.4 is 10.6 Å². The molecule has 1 heterocycles. The number of nitrogens with one attached hydrogen (secondary N) is 2. The van der Waals surface area contributed by atoms with Gasteiger partial charge in [-0.15, -0.1) is 0 Å². The molecule has 7 heteroatoms. The number of rotatable bonds is 5. The van der Waals surface area contributed by atoms with Gasteiger partial charge in [-0.2, -0.15) is 0 Å². The zero-order chi connectivity index (χ0) is 21.2. The molecule has 0 bridgehead atoms. The van der Waals surface area contributed by atoms with Crippen LogP contribution in [0.2, 0.25) is 0 Å². The molecule has 0 fully saturated rings. The maximum absolute atomic E-state index is 13.1. The van der Waals surface area contributed by atoms with E-state index in [4.69, 9.17) is 0 Å². The van der Waals surface area contributed by atoms with Gasteiger partial charge in [0.25, 0.3) is 10.0 Å². The highest BCUT2D eigenvalue weighted by atomic mass is 32.2. The Morgan fingerprint density at radius 2 is 1.72 bits per heavy atom. The van der Waals surface area contributed by atoms with Gasteiger partial charge in [0.1, 0.15) is 0 Å². The molecule has 0 saturated carbocycles. The molecule has 0 spiro atoms. The van der Waals surface area contributed by atoms with Crippen molar-refractivity contribution in [3.05, 3.63) is 65.9 Å². The van der Waals surface area contributed by atoms with E-state index in [-0.39, 0.29) is 16.5 Å². The van der Waals surface area contributed by atoms with Crippen molar-refractivity contribution in [1.29, 1.82) is 0 Å². The summed E-state index contributed by atoms with van der Waals surface area (Å²) in [7, 11) is -3.67. The molecule has 0 aliphatic carbocycles. The maximum Gasteiger partial charge on any atom is 0.315 e. The SMILES string of the molecule is Cc1ccc(S(=O)(=O)n2ccc3ccc(CCNC(=O)NC(C)(C)C)cc32)cc1. The topological polar surface area (TPSA) is 80.2 Å². The third kappa shape index (κ3) is 4.98. The molecule has 0 aliphatic heterocycles. The first kappa shape index (κ1) is 20.9. The van der Waals surface area contributed by atoms with E-state index in [0.717, 1.165) is 16.5 Å². The Bertz CT molecular complexity index is 1120. The van der Waals surface area contributed by atoms with Gasteiger partial charge in [0.2, 0.25) is 0 Å². The van der Waals surface area contributed by atoms with Crippen molar-refractivity contribution in [3.63, 3.8) is 0 Å². The molecule has 0 aliphatic rings. The Kier molecular flexibility index (Phi) is 5.71. The summed E-state index contributed by atoms with van der Waals surface area (Å²) < 4.78 is 27.4. The van der Waals surface area contributed by atoms with Gasteiger partial charge in [-0.25, -0.2) is 17.2 Å². The van der Waals surface area contributed by atoms with Crippen LogP contribution in [0.3, 0.4) is 0 Å². The summed E-state index contributed by atoms with van der Waals surface area (Å²) in [6.07, 6.45) is 2.18. The number of aryl methyl sites for hydroxylation is 1. The predicted octanol–water partition coefficient (Wildman–Crippen LogP) is 3.83. The van der Waals surface area contributed by atoms with Gasteiger partial charge < -0.3 is 10.6 Å². The molecule has 2 aromatic carbocycles. The van der Waals surface area contributed by atoms with Crippen LogP contribution >= 0.6 is 0 Å². The van der Waals surface area contributed by atoms with Crippen LogP contribution in [0.4, 0.5) is 4.79 Å². The second-order valence-corrected chi connectivity index (χ2v) is 10.0. The standard InChI is InChI=1S/C22H27N3O3S/c1-16-5-9-19(10-6-16)29(27,28)25-14-12-18-8-7-17(15-20(18)25)11-13-23-21(26)24-22(2,3)4/h5-10,12,14-15H,11,13H2,1-4H3,(H2,23,24,26). The summed E-state index contributed by atoms with van der Waals surface area (Å²) in [5, 5.41) is 6.53. The fraction of sp³-hybridized carbons (Fsp3) is 0.318. The lowest BCUT2D eigenvalue weighted by atomic mass is 10.1. The zero-order valence-corrected chi connectivity index (χ0v) is 18.0. The fourth-order valence-corrected chi connectivity index (χ4v) is 4.39. The Morgan fingerprint density at radius 1 is 1.03 bits per heavy atom. The quantitative estimate of drug-likeness (QED) is 0.667. The van der Waals surface area contributed by atoms with Crippen molar-refractivity contribution < 1.29 is 13.2 Å². The molecule has 29 heavy (non-hydrogen) atoms. The van der Waals surface area contributed by atoms with Crippen molar-refractivity contribution in [2.45, 2.75) is 44.6 Å². The summed E-state index contributed by atoms with van der Waals surface area (Å²) in [6.45, 7) is 8.14. The Labute approximate surface area is 172 Å². The number of aromatic nitrogens is 1. The number of urea groups is 1. The number of fused-ring (bicyclic) bond motifs is 1. The van der Waals surface area contributed by atoms with Gasteiger partial charge >= 0.3 is 6.03 Å². The molecule has 154 valence electrons. The predicted molar refractivity (Wildman–Crippen MR) is 116 cm³/mol. The molecular weight excluding hydrogens is 386 g/mol. The van der Waals surface area contributed by atoms with E-state index in [1.165, 1.54) is 3.97 Å². The minimum Gasteiger partial charge on any atom is -0.338 e. The van der Waals surface area contributed by atoms with E-state index in [9.17, 15) is 13.2 Å². The van der Waals surface area contributed by atoms with E-state index in [0.29, 0.717) is 18.5 Å².